The van der Waals surface area contributed by atoms with Crippen molar-refractivity contribution in [3.05, 3.63) is 63.7 Å². The van der Waals surface area contributed by atoms with Crippen LogP contribution < -0.4 is 10.2 Å². The molecule has 1 saturated heterocycles. The number of anilines is 2. The monoisotopic (exact) mass is 398 g/mol. The van der Waals surface area contributed by atoms with Gasteiger partial charge in [0.25, 0.3) is 0 Å². The summed E-state index contributed by atoms with van der Waals surface area (Å²) >= 11 is 8.49. The van der Waals surface area contributed by atoms with E-state index in [2.05, 4.69) is 73.2 Å². The van der Waals surface area contributed by atoms with E-state index in [4.69, 9.17) is 11.6 Å². The van der Waals surface area contributed by atoms with Crippen molar-refractivity contribution in [2.24, 2.45) is 5.92 Å². The summed E-state index contributed by atoms with van der Waals surface area (Å²) < 4.78 is 0. The van der Waals surface area contributed by atoms with Gasteiger partial charge in [-0.3, -0.25) is 0 Å². The van der Waals surface area contributed by atoms with Gasteiger partial charge in [0.2, 0.25) is 0 Å². The van der Waals surface area contributed by atoms with Crippen LogP contribution in [0.25, 0.3) is 5.70 Å². The van der Waals surface area contributed by atoms with Crippen LogP contribution in [0.2, 0.25) is 5.02 Å². The Hall–Kier alpha value is -1.58. The van der Waals surface area contributed by atoms with Crippen LogP contribution in [-0.2, 0) is 0 Å². The normalized spacial score (nSPS) is 17.9. The van der Waals surface area contributed by atoms with Gasteiger partial charge in [-0.1, -0.05) is 29.3 Å². The Labute approximate surface area is 172 Å². The van der Waals surface area contributed by atoms with Crippen LogP contribution >= 0.6 is 23.4 Å². The number of fused-ring (bicyclic) bond motifs is 1. The number of hydrogen-bond acceptors (Lipinski definition) is 3. The summed E-state index contributed by atoms with van der Waals surface area (Å²) in [4.78, 5) is 2.37. The fourth-order valence-electron chi connectivity index (χ4n) is 4.25. The van der Waals surface area contributed by atoms with Crippen molar-refractivity contribution in [1.82, 2.24) is 0 Å². The first-order valence-corrected chi connectivity index (χ1v) is 11.2. The van der Waals surface area contributed by atoms with E-state index in [-0.39, 0.29) is 0 Å². The Balaban J connectivity index is 1.83. The second-order valence-electron chi connectivity index (χ2n) is 7.75. The predicted octanol–water partition coefficient (Wildman–Crippen LogP) is 6.37. The SMILES string of the molecule is Cc1ccc(NC2=C(C3CCSCC3)CN(C)c3ccc(Cl)cc32)c(C)c1. The van der Waals surface area contributed by atoms with E-state index in [9.17, 15) is 0 Å². The minimum atomic E-state index is 0.647. The van der Waals surface area contributed by atoms with Gasteiger partial charge in [0, 0.05) is 41.3 Å². The summed E-state index contributed by atoms with van der Waals surface area (Å²) in [6, 6.07) is 12.9. The number of nitrogens with one attached hydrogen (secondary N) is 1. The van der Waals surface area contributed by atoms with Gasteiger partial charge in [-0.05, 0) is 79.5 Å². The third-order valence-corrected chi connectivity index (χ3v) is 7.01. The molecule has 1 fully saturated rings. The number of hydrogen-bond donors (Lipinski definition) is 1. The molecule has 2 aromatic rings. The van der Waals surface area contributed by atoms with Gasteiger partial charge in [0.05, 0.1) is 0 Å². The number of nitrogens with zero attached hydrogens (tertiary/aromatic N) is 1. The summed E-state index contributed by atoms with van der Waals surface area (Å²) in [6.45, 7) is 5.31. The molecule has 0 spiro atoms. The highest BCUT2D eigenvalue weighted by Crippen LogP contribution is 2.42. The Bertz CT molecular complexity index is 884. The van der Waals surface area contributed by atoms with Gasteiger partial charge in [-0.25, -0.2) is 0 Å². The van der Waals surface area contributed by atoms with Crippen LogP contribution in [0.5, 0.6) is 0 Å². The summed E-state index contributed by atoms with van der Waals surface area (Å²) in [5.74, 6) is 3.17. The van der Waals surface area contributed by atoms with Crippen LogP contribution in [0, 0.1) is 19.8 Å². The standard InChI is InChI=1S/C23H27ClN2S/c1-15-4-6-21(16(2)12-15)25-23-19-13-18(24)5-7-22(19)26(3)14-20(23)17-8-10-27-11-9-17/h4-7,12-13,17,25H,8-11,14H2,1-3H3. The highest BCUT2D eigenvalue weighted by atomic mass is 35.5. The molecule has 0 bridgehead atoms. The largest absolute Gasteiger partial charge is 0.370 e. The molecule has 0 aliphatic carbocycles. The van der Waals surface area contributed by atoms with E-state index < -0.39 is 0 Å². The summed E-state index contributed by atoms with van der Waals surface area (Å²) in [5, 5.41) is 4.61. The van der Waals surface area contributed by atoms with Crippen molar-refractivity contribution in [3.63, 3.8) is 0 Å². The van der Waals surface area contributed by atoms with Gasteiger partial charge >= 0.3 is 0 Å². The summed E-state index contributed by atoms with van der Waals surface area (Å²) in [5.41, 5.74) is 9.05. The molecule has 1 N–H and O–H groups in total. The molecule has 4 heteroatoms. The second-order valence-corrected chi connectivity index (χ2v) is 9.41. The molecule has 0 saturated carbocycles. The highest BCUT2D eigenvalue weighted by Gasteiger charge is 2.29. The average Bonchev–Trinajstić information content (AvgIpc) is 2.66. The molecule has 0 radical (unpaired) electrons. The lowest BCUT2D eigenvalue weighted by molar-refractivity contribution is 0.556. The van der Waals surface area contributed by atoms with Crippen molar-refractivity contribution in [2.75, 3.05) is 35.3 Å². The molecule has 2 nitrogen and oxygen atoms in total. The molecule has 2 aromatic carbocycles. The lowest BCUT2D eigenvalue weighted by Crippen LogP contribution is -2.31. The molecule has 2 heterocycles. The first-order valence-electron chi connectivity index (χ1n) is 9.69. The van der Waals surface area contributed by atoms with Gasteiger partial charge < -0.3 is 10.2 Å². The van der Waals surface area contributed by atoms with Crippen molar-refractivity contribution in [2.45, 2.75) is 26.7 Å². The molecule has 0 amide bonds. The van der Waals surface area contributed by atoms with E-state index >= 15 is 0 Å². The zero-order valence-corrected chi connectivity index (χ0v) is 17.9. The van der Waals surface area contributed by atoms with Gasteiger partial charge in [0.15, 0.2) is 0 Å². The van der Waals surface area contributed by atoms with Crippen LogP contribution in [-0.4, -0.2) is 25.1 Å². The Morgan fingerprint density at radius 1 is 1.07 bits per heavy atom. The van der Waals surface area contributed by atoms with E-state index in [1.165, 1.54) is 63.7 Å². The number of aryl methyl sites for hydroxylation is 2. The van der Waals surface area contributed by atoms with E-state index in [1.54, 1.807) is 0 Å². The molecule has 0 aromatic heterocycles. The summed E-state index contributed by atoms with van der Waals surface area (Å²) in [6.07, 6.45) is 2.53. The van der Waals surface area contributed by atoms with Crippen molar-refractivity contribution < 1.29 is 0 Å². The van der Waals surface area contributed by atoms with Gasteiger partial charge in [-0.15, -0.1) is 0 Å². The van der Waals surface area contributed by atoms with Crippen LogP contribution in [0.3, 0.4) is 0 Å². The summed E-state index contributed by atoms with van der Waals surface area (Å²) in [7, 11) is 2.19. The van der Waals surface area contributed by atoms with Crippen molar-refractivity contribution in [3.8, 4) is 0 Å². The smallest absolute Gasteiger partial charge is 0.0492 e. The molecule has 2 aliphatic rings. The number of benzene rings is 2. The zero-order chi connectivity index (χ0) is 19.0. The predicted molar refractivity (Wildman–Crippen MR) is 121 cm³/mol. The topological polar surface area (TPSA) is 15.3 Å². The number of rotatable bonds is 3. The lowest BCUT2D eigenvalue weighted by Gasteiger charge is -2.37. The van der Waals surface area contributed by atoms with E-state index in [0.717, 1.165) is 11.6 Å². The fourth-order valence-corrected chi connectivity index (χ4v) is 5.53. The Morgan fingerprint density at radius 3 is 2.59 bits per heavy atom. The maximum atomic E-state index is 6.41. The number of halogens is 1. The van der Waals surface area contributed by atoms with Crippen LogP contribution in [0.1, 0.15) is 29.5 Å². The number of likely N-dealkylation sites (N-methyl/N-ethyl adjacent to an activating group) is 1. The van der Waals surface area contributed by atoms with Crippen LogP contribution in [0.4, 0.5) is 11.4 Å². The van der Waals surface area contributed by atoms with Crippen molar-refractivity contribution in [1.29, 1.82) is 0 Å². The number of thioether (sulfide) groups is 1. The fraction of sp³-hybridized carbons (Fsp3) is 0.391. The first kappa shape index (κ1) is 18.8. The first-order chi connectivity index (χ1) is 13.0. The van der Waals surface area contributed by atoms with E-state index in [0.29, 0.717) is 5.92 Å². The third-order valence-electron chi connectivity index (χ3n) is 5.72. The lowest BCUT2D eigenvalue weighted by atomic mass is 9.86. The molecular weight excluding hydrogens is 372 g/mol. The minimum absolute atomic E-state index is 0.647. The maximum absolute atomic E-state index is 6.41. The quantitative estimate of drug-likeness (QED) is 0.646. The van der Waals surface area contributed by atoms with E-state index in [1.807, 2.05) is 6.07 Å². The molecule has 4 rings (SSSR count). The third kappa shape index (κ3) is 3.86. The molecular formula is C23H27ClN2S. The molecule has 142 valence electrons. The average molecular weight is 399 g/mol. The second kappa shape index (κ2) is 7.81. The van der Waals surface area contributed by atoms with Crippen LogP contribution in [0.15, 0.2) is 42.0 Å². The molecule has 27 heavy (non-hydrogen) atoms. The highest BCUT2D eigenvalue weighted by molar-refractivity contribution is 7.99. The van der Waals surface area contributed by atoms with Gasteiger partial charge in [-0.2, -0.15) is 11.8 Å². The zero-order valence-electron chi connectivity index (χ0n) is 16.3. The Morgan fingerprint density at radius 2 is 1.85 bits per heavy atom. The molecule has 2 aliphatic heterocycles. The Kier molecular flexibility index (Phi) is 5.43. The minimum Gasteiger partial charge on any atom is -0.370 e. The maximum Gasteiger partial charge on any atom is 0.0492 e. The van der Waals surface area contributed by atoms with Crippen molar-refractivity contribution >= 4 is 40.4 Å². The molecule has 0 atom stereocenters. The molecule has 0 unspecified atom stereocenters. The van der Waals surface area contributed by atoms with Gasteiger partial charge in [0.1, 0.15) is 0 Å².